The quantitative estimate of drug-likeness (QED) is 0.0272. The van der Waals surface area contributed by atoms with E-state index >= 15 is 0 Å². The van der Waals surface area contributed by atoms with Gasteiger partial charge in [-0.1, -0.05) is 217 Å². The maximum Gasteiger partial charge on any atom is 0.268 e. The Labute approximate surface area is 397 Å². The maximum atomic E-state index is 12.9. The lowest BCUT2D eigenvalue weighted by molar-refractivity contribution is -0.870. The van der Waals surface area contributed by atoms with E-state index < -0.39 is 26.6 Å². The summed E-state index contributed by atoms with van der Waals surface area (Å²) in [6.07, 6.45) is 60.3. The number of aliphatic hydroxyl groups is 1. The van der Waals surface area contributed by atoms with Crippen molar-refractivity contribution in [2.45, 2.75) is 257 Å². The number of rotatable bonds is 49. The number of aliphatic hydroxyl groups excluding tert-OH is 1. The molecule has 1 amide bonds. The van der Waals surface area contributed by atoms with Gasteiger partial charge in [0, 0.05) is 6.42 Å². The van der Waals surface area contributed by atoms with Gasteiger partial charge in [0.2, 0.25) is 5.91 Å². The molecule has 0 aromatic carbocycles. The summed E-state index contributed by atoms with van der Waals surface area (Å²) in [5.74, 6) is -0.211. The van der Waals surface area contributed by atoms with E-state index in [1.807, 2.05) is 27.2 Å². The number of allylic oxidation sites excluding steroid dienone is 7. The summed E-state index contributed by atoms with van der Waals surface area (Å²) < 4.78 is 23.3. The molecule has 0 saturated carbocycles. The Morgan fingerprint density at radius 2 is 0.875 bits per heavy atom. The molecule has 9 heteroatoms. The van der Waals surface area contributed by atoms with Crippen LogP contribution in [0.2, 0.25) is 0 Å². The number of nitrogens with zero attached hydrogens (tertiary/aromatic N) is 1. The fraction of sp³-hybridized carbons (Fsp3) is 0.836. The highest BCUT2D eigenvalue weighted by Gasteiger charge is 2.23. The topological polar surface area (TPSA) is 108 Å². The fourth-order valence-electron chi connectivity index (χ4n) is 7.71. The minimum atomic E-state index is -4.61. The fourth-order valence-corrected chi connectivity index (χ4v) is 8.43. The zero-order valence-electron chi connectivity index (χ0n) is 42.7. The average Bonchev–Trinajstić information content (AvgIpc) is 3.25. The molecule has 0 aliphatic heterocycles. The van der Waals surface area contributed by atoms with Gasteiger partial charge in [-0.3, -0.25) is 9.36 Å². The first-order valence-corrected chi connectivity index (χ1v) is 28.5. The molecule has 3 unspecified atom stereocenters. The first-order chi connectivity index (χ1) is 31.0. The Morgan fingerprint density at radius 1 is 0.531 bits per heavy atom. The summed E-state index contributed by atoms with van der Waals surface area (Å²) in [7, 11) is 1.24. The largest absolute Gasteiger partial charge is 0.756 e. The Morgan fingerprint density at radius 3 is 1.27 bits per heavy atom. The molecular formula is C55H105N2O6P. The van der Waals surface area contributed by atoms with Crippen molar-refractivity contribution < 1.29 is 32.9 Å². The van der Waals surface area contributed by atoms with Gasteiger partial charge in [-0.15, -0.1) is 0 Å². The van der Waals surface area contributed by atoms with Crippen LogP contribution in [0.5, 0.6) is 0 Å². The number of amides is 1. The number of unbranched alkanes of at least 4 members (excludes halogenated alkanes) is 30. The van der Waals surface area contributed by atoms with Crippen LogP contribution in [0.3, 0.4) is 0 Å². The number of phosphoric acid groups is 1. The van der Waals surface area contributed by atoms with E-state index in [-0.39, 0.29) is 12.5 Å². The molecule has 0 rings (SSSR count). The summed E-state index contributed by atoms with van der Waals surface area (Å²) >= 11 is 0. The van der Waals surface area contributed by atoms with Gasteiger partial charge in [0.25, 0.3) is 7.82 Å². The van der Waals surface area contributed by atoms with Crippen molar-refractivity contribution in [1.82, 2.24) is 5.32 Å². The van der Waals surface area contributed by atoms with E-state index in [4.69, 9.17) is 9.05 Å². The molecular weight excluding hydrogens is 816 g/mol. The summed E-state index contributed by atoms with van der Waals surface area (Å²) in [4.78, 5) is 25.4. The van der Waals surface area contributed by atoms with Crippen LogP contribution >= 0.6 is 7.82 Å². The number of hydrogen-bond acceptors (Lipinski definition) is 6. The van der Waals surface area contributed by atoms with Gasteiger partial charge in [-0.25, -0.2) is 0 Å². The lowest BCUT2D eigenvalue weighted by Gasteiger charge is -2.29. The summed E-state index contributed by atoms with van der Waals surface area (Å²) in [5, 5.41) is 13.8. The predicted octanol–water partition coefficient (Wildman–Crippen LogP) is 15.3. The van der Waals surface area contributed by atoms with Crippen molar-refractivity contribution in [3.63, 3.8) is 0 Å². The number of likely N-dealkylation sites (N-methyl/N-ethyl adjacent to an activating group) is 1. The molecule has 376 valence electrons. The van der Waals surface area contributed by atoms with Gasteiger partial charge in [-0.2, -0.15) is 0 Å². The number of quaternary nitrogens is 1. The second-order valence-corrected chi connectivity index (χ2v) is 21.0. The molecule has 2 N–H and O–H groups in total. The molecule has 0 spiro atoms. The van der Waals surface area contributed by atoms with Gasteiger partial charge < -0.3 is 28.8 Å². The number of hydrogen-bond donors (Lipinski definition) is 2. The summed E-state index contributed by atoms with van der Waals surface area (Å²) in [6.45, 7) is 4.63. The van der Waals surface area contributed by atoms with E-state index in [0.29, 0.717) is 17.4 Å². The second kappa shape index (κ2) is 46.6. The monoisotopic (exact) mass is 921 g/mol. The number of carbonyl (C=O) groups is 1. The molecule has 0 heterocycles. The third-order valence-electron chi connectivity index (χ3n) is 12.0. The van der Waals surface area contributed by atoms with Crippen LogP contribution in [-0.2, 0) is 18.4 Å². The van der Waals surface area contributed by atoms with E-state index in [1.54, 1.807) is 6.08 Å². The van der Waals surface area contributed by atoms with Crippen LogP contribution < -0.4 is 10.2 Å². The zero-order valence-corrected chi connectivity index (χ0v) is 43.6. The van der Waals surface area contributed by atoms with Crippen molar-refractivity contribution in [3.05, 3.63) is 48.6 Å². The third-order valence-corrected chi connectivity index (χ3v) is 13.0. The normalized spacial score (nSPS) is 14.4. The molecule has 0 saturated heterocycles. The van der Waals surface area contributed by atoms with Gasteiger partial charge >= 0.3 is 0 Å². The molecule has 0 aromatic heterocycles. The maximum absolute atomic E-state index is 12.9. The van der Waals surface area contributed by atoms with Crippen LogP contribution in [0.25, 0.3) is 0 Å². The number of carbonyl (C=O) groups excluding carboxylic acids is 1. The Hall–Kier alpha value is -1.54. The number of phosphoric ester groups is 1. The van der Waals surface area contributed by atoms with Crippen LogP contribution in [0, 0.1) is 0 Å². The van der Waals surface area contributed by atoms with Crippen molar-refractivity contribution in [3.8, 4) is 0 Å². The second-order valence-electron chi connectivity index (χ2n) is 19.6. The van der Waals surface area contributed by atoms with Crippen LogP contribution in [0.15, 0.2) is 48.6 Å². The van der Waals surface area contributed by atoms with E-state index in [2.05, 4.69) is 55.6 Å². The first-order valence-electron chi connectivity index (χ1n) is 27.0. The molecule has 0 bridgehead atoms. The van der Waals surface area contributed by atoms with Crippen LogP contribution in [0.4, 0.5) is 0 Å². The highest BCUT2D eigenvalue weighted by Crippen LogP contribution is 2.38. The Kier molecular flexibility index (Phi) is 45.4. The molecule has 0 fully saturated rings. The first kappa shape index (κ1) is 62.5. The van der Waals surface area contributed by atoms with Gasteiger partial charge in [-0.05, 0) is 70.6 Å². The predicted molar refractivity (Wildman–Crippen MR) is 274 cm³/mol. The molecule has 0 radical (unpaired) electrons. The van der Waals surface area contributed by atoms with E-state index in [1.165, 1.54) is 180 Å². The Balaban J connectivity index is 4.32. The SMILES string of the molecule is CCCCCCCCCC/C=C\CCCCCCCCCCCCCC(=O)NC(COP(=O)([O-])OCC[N+](C)(C)C)C(O)/C=C/CC/C=C/CC/C=C/CCCCCCCCCCC. The lowest BCUT2D eigenvalue weighted by atomic mass is 10.0. The highest BCUT2D eigenvalue weighted by atomic mass is 31.2. The van der Waals surface area contributed by atoms with Crippen LogP contribution in [-0.4, -0.2) is 68.5 Å². The lowest BCUT2D eigenvalue weighted by Crippen LogP contribution is -2.45. The van der Waals surface area contributed by atoms with Crippen molar-refractivity contribution in [1.29, 1.82) is 0 Å². The summed E-state index contributed by atoms with van der Waals surface area (Å²) in [5.41, 5.74) is 0. The minimum absolute atomic E-state index is 0.00946. The molecule has 64 heavy (non-hydrogen) atoms. The van der Waals surface area contributed by atoms with Crippen molar-refractivity contribution in [2.24, 2.45) is 0 Å². The average molecular weight is 921 g/mol. The smallest absolute Gasteiger partial charge is 0.268 e. The minimum Gasteiger partial charge on any atom is -0.756 e. The van der Waals surface area contributed by atoms with Crippen LogP contribution in [0.1, 0.15) is 245 Å². The Bertz CT molecular complexity index is 1180. The molecule has 8 nitrogen and oxygen atoms in total. The standard InChI is InChI=1S/C55H105N2O6P/c1-6-8-10-12-14-16-18-20-22-24-26-27-28-29-31-33-35-37-39-41-43-45-47-49-55(59)56-53(52-63-64(60,61)62-51-50-57(3,4)5)54(58)48-46-44-42-40-38-36-34-32-30-25-23-21-19-17-15-13-11-9-7-2/h24,26,30,32,38,40,46,48,53-54,58H,6-23,25,27-29,31,33-37,39,41-45,47,49-52H2,1-5H3,(H-,56,59,60,61)/b26-24-,32-30+,40-38+,48-46+. The summed E-state index contributed by atoms with van der Waals surface area (Å²) in [6, 6.07) is -0.910. The molecule has 0 aliphatic rings. The molecule has 3 atom stereocenters. The van der Waals surface area contributed by atoms with E-state index in [9.17, 15) is 19.4 Å². The molecule has 0 aliphatic carbocycles. The van der Waals surface area contributed by atoms with Crippen molar-refractivity contribution >= 4 is 13.7 Å². The number of nitrogens with one attached hydrogen (secondary N) is 1. The molecule has 0 aromatic rings. The highest BCUT2D eigenvalue weighted by molar-refractivity contribution is 7.45. The van der Waals surface area contributed by atoms with E-state index in [0.717, 1.165) is 44.9 Å². The van der Waals surface area contributed by atoms with Gasteiger partial charge in [0.15, 0.2) is 0 Å². The zero-order chi connectivity index (χ0) is 47.1. The van der Waals surface area contributed by atoms with Gasteiger partial charge in [0.1, 0.15) is 13.2 Å². The van der Waals surface area contributed by atoms with Gasteiger partial charge in [0.05, 0.1) is 39.9 Å². The third kappa shape index (κ3) is 48.4. The van der Waals surface area contributed by atoms with Crippen molar-refractivity contribution in [2.75, 3.05) is 40.9 Å².